The standard InChI is InChI=1S/C20H19N3O6S/c21-12-13-1-6-18(17(11-13)20(26)27)22-19(25)14-2-4-16(5-3-14)30(28,29)23-9-7-15(24)8-10-23/h1-6,11,15,24H,7-10H2,(H,22,25)(H,26,27). The Morgan fingerprint density at radius 1 is 1.10 bits per heavy atom. The summed E-state index contributed by atoms with van der Waals surface area (Å²) >= 11 is 0. The van der Waals surface area contributed by atoms with Gasteiger partial charge in [0, 0.05) is 18.7 Å². The fraction of sp³-hybridized carbons (Fsp3) is 0.250. The molecule has 1 aliphatic rings. The molecule has 0 atom stereocenters. The summed E-state index contributed by atoms with van der Waals surface area (Å²) in [6, 6.07) is 11.0. The molecule has 0 radical (unpaired) electrons. The van der Waals surface area contributed by atoms with Crippen LogP contribution in [0, 0.1) is 11.3 Å². The average Bonchev–Trinajstić information content (AvgIpc) is 2.74. The molecule has 2 aromatic carbocycles. The molecule has 1 saturated heterocycles. The van der Waals surface area contributed by atoms with Crippen LogP contribution < -0.4 is 5.32 Å². The van der Waals surface area contributed by atoms with E-state index in [1.165, 1.54) is 40.7 Å². The molecule has 30 heavy (non-hydrogen) atoms. The van der Waals surface area contributed by atoms with E-state index in [4.69, 9.17) is 5.26 Å². The number of aromatic carboxylic acids is 1. The molecule has 1 heterocycles. The second-order valence-corrected chi connectivity index (χ2v) is 8.73. The first-order valence-corrected chi connectivity index (χ1v) is 10.5. The van der Waals surface area contributed by atoms with Gasteiger partial charge in [0.2, 0.25) is 10.0 Å². The molecule has 0 aliphatic carbocycles. The summed E-state index contributed by atoms with van der Waals surface area (Å²) in [6.07, 6.45) is 0.243. The molecule has 0 unspecified atom stereocenters. The molecule has 1 aliphatic heterocycles. The summed E-state index contributed by atoms with van der Waals surface area (Å²) in [5, 5.41) is 30.2. The molecule has 1 fully saturated rings. The summed E-state index contributed by atoms with van der Waals surface area (Å²) in [5.41, 5.74) is 0.0814. The summed E-state index contributed by atoms with van der Waals surface area (Å²) in [5.74, 6) is -1.91. The van der Waals surface area contributed by atoms with Crippen LogP contribution in [0.4, 0.5) is 5.69 Å². The normalized spacial score (nSPS) is 15.3. The summed E-state index contributed by atoms with van der Waals surface area (Å²) in [4.78, 5) is 23.9. The maximum absolute atomic E-state index is 12.7. The van der Waals surface area contributed by atoms with Crippen LogP contribution in [-0.2, 0) is 10.0 Å². The number of amides is 1. The zero-order valence-corrected chi connectivity index (χ0v) is 16.6. The van der Waals surface area contributed by atoms with Gasteiger partial charge in [0.15, 0.2) is 0 Å². The van der Waals surface area contributed by atoms with E-state index < -0.39 is 28.0 Å². The van der Waals surface area contributed by atoms with E-state index in [1.54, 1.807) is 0 Å². The number of piperidine rings is 1. The van der Waals surface area contributed by atoms with Crippen molar-refractivity contribution in [1.29, 1.82) is 5.26 Å². The van der Waals surface area contributed by atoms with Crippen LogP contribution in [0.2, 0.25) is 0 Å². The van der Waals surface area contributed by atoms with Crippen LogP contribution in [0.15, 0.2) is 47.4 Å². The number of nitrogens with zero attached hydrogens (tertiary/aromatic N) is 2. The number of benzene rings is 2. The number of carbonyl (C=O) groups is 2. The van der Waals surface area contributed by atoms with E-state index in [1.807, 2.05) is 6.07 Å². The molecule has 2 aromatic rings. The molecule has 156 valence electrons. The monoisotopic (exact) mass is 429 g/mol. The molecule has 0 aromatic heterocycles. The molecular weight excluding hydrogens is 410 g/mol. The first-order valence-electron chi connectivity index (χ1n) is 9.09. The minimum atomic E-state index is -3.73. The third-order valence-electron chi connectivity index (χ3n) is 4.81. The number of sulfonamides is 1. The van der Waals surface area contributed by atoms with Gasteiger partial charge in [-0.2, -0.15) is 9.57 Å². The van der Waals surface area contributed by atoms with Gasteiger partial charge in [0.05, 0.1) is 33.9 Å². The Kier molecular flexibility index (Phi) is 6.17. The number of rotatable bonds is 5. The highest BCUT2D eigenvalue weighted by molar-refractivity contribution is 7.89. The Morgan fingerprint density at radius 2 is 1.73 bits per heavy atom. The number of carboxylic acids is 1. The second-order valence-electron chi connectivity index (χ2n) is 6.79. The van der Waals surface area contributed by atoms with E-state index in [0.717, 1.165) is 6.07 Å². The molecule has 1 amide bonds. The van der Waals surface area contributed by atoms with Gasteiger partial charge in [0.1, 0.15) is 0 Å². The number of carboxylic acid groups (broad SMARTS) is 1. The summed E-state index contributed by atoms with van der Waals surface area (Å²) in [7, 11) is -3.73. The van der Waals surface area contributed by atoms with Crippen LogP contribution in [0.25, 0.3) is 0 Å². The predicted octanol–water partition coefficient (Wildman–Crippen LogP) is 1.65. The largest absolute Gasteiger partial charge is 0.478 e. The molecule has 0 saturated carbocycles. The Balaban J connectivity index is 1.78. The van der Waals surface area contributed by atoms with Crippen LogP contribution in [0.3, 0.4) is 0 Å². The zero-order chi connectivity index (χ0) is 21.9. The van der Waals surface area contributed by atoms with Crippen LogP contribution >= 0.6 is 0 Å². The Labute approximate surface area is 173 Å². The molecule has 9 nitrogen and oxygen atoms in total. The summed E-state index contributed by atoms with van der Waals surface area (Å²) < 4.78 is 26.7. The topological polar surface area (TPSA) is 148 Å². The smallest absolute Gasteiger partial charge is 0.337 e. The van der Waals surface area contributed by atoms with Crippen LogP contribution in [0.5, 0.6) is 0 Å². The molecule has 3 rings (SSSR count). The number of nitrogens with one attached hydrogen (secondary N) is 1. The van der Waals surface area contributed by atoms with Gasteiger partial charge in [-0.05, 0) is 55.3 Å². The Morgan fingerprint density at radius 3 is 2.30 bits per heavy atom. The van der Waals surface area contributed by atoms with Crippen molar-refractivity contribution in [3.63, 3.8) is 0 Å². The van der Waals surface area contributed by atoms with Gasteiger partial charge in [-0.1, -0.05) is 0 Å². The molecular formula is C20H19N3O6S. The number of hydrogen-bond acceptors (Lipinski definition) is 6. The highest BCUT2D eigenvalue weighted by atomic mass is 32.2. The third kappa shape index (κ3) is 4.49. The number of anilines is 1. The quantitative estimate of drug-likeness (QED) is 0.654. The fourth-order valence-corrected chi connectivity index (χ4v) is 4.57. The van der Waals surface area contributed by atoms with E-state index >= 15 is 0 Å². The van der Waals surface area contributed by atoms with Gasteiger partial charge < -0.3 is 15.5 Å². The van der Waals surface area contributed by atoms with Gasteiger partial charge in [-0.25, -0.2) is 13.2 Å². The van der Waals surface area contributed by atoms with Crippen molar-refractivity contribution in [2.24, 2.45) is 0 Å². The number of nitriles is 1. The molecule has 0 spiro atoms. The number of aliphatic hydroxyl groups excluding tert-OH is 1. The lowest BCUT2D eigenvalue weighted by Gasteiger charge is -2.28. The second kappa shape index (κ2) is 8.62. The van der Waals surface area contributed by atoms with Crippen molar-refractivity contribution in [2.75, 3.05) is 18.4 Å². The number of hydrogen-bond donors (Lipinski definition) is 3. The van der Waals surface area contributed by atoms with E-state index in [0.29, 0.717) is 12.8 Å². The predicted molar refractivity (Wildman–Crippen MR) is 107 cm³/mol. The third-order valence-corrected chi connectivity index (χ3v) is 6.72. The lowest BCUT2D eigenvalue weighted by molar-refractivity contribution is 0.0698. The fourth-order valence-electron chi connectivity index (χ4n) is 3.10. The van der Waals surface area contributed by atoms with Gasteiger partial charge >= 0.3 is 5.97 Å². The van der Waals surface area contributed by atoms with E-state index in [2.05, 4.69) is 5.32 Å². The maximum atomic E-state index is 12.7. The lowest BCUT2D eigenvalue weighted by Crippen LogP contribution is -2.39. The SMILES string of the molecule is N#Cc1ccc(NC(=O)c2ccc(S(=O)(=O)N3CCC(O)CC3)cc2)c(C(=O)O)c1. The molecule has 3 N–H and O–H groups in total. The zero-order valence-electron chi connectivity index (χ0n) is 15.8. The van der Waals surface area contributed by atoms with Crippen LogP contribution in [0.1, 0.15) is 39.1 Å². The first kappa shape index (κ1) is 21.4. The van der Waals surface area contributed by atoms with Crippen molar-refractivity contribution in [3.8, 4) is 6.07 Å². The highest BCUT2D eigenvalue weighted by Crippen LogP contribution is 2.22. The lowest BCUT2D eigenvalue weighted by atomic mass is 10.1. The van der Waals surface area contributed by atoms with Gasteiger partial charge in [0.25, 0.3) is 5.91 Å². The molecule has 0 bridgehead atoms. The maximum Gasteiger partial charge on any atom is 0.337 e. The van der Waals surface area contributed by atoms with Crippen molar-refractivity contribution >= 4 is 27.6 Å². The number of aliphatic hydroxyl groups is 1. The Bertz CT molecular complexity index is 1110. The first-order chi connectivity index (χ1) is 14.2. The van der Waals surface area contributed by atoms with Crippen molar-refractivity contribution < 1.29 is 28.2 Å². The average molecular weight is 429 g/mol. The summed E-state index contributed by atoms with van der Waals surface area (Å²) in [6.45, 7) is 0.449. The molecule has 10 heteroatoms. The van der Waals surface area contributed by atoms with Crippen molar-refractivity contribution in [2.45, 2.75) is 23.8 Å². The van der Waals surface area contributed by atoms with Crippen LogP contribution in [-0.4, -0.2) is 54.0 Å². The Hall–Kier alpha value is -3.26. The van der Waals surface area contributed by atoms with Gasteiger partial charge in [-0.3, -0.25) is 4.79 Å². The van der Waals surface area contributed by atoms with Gasteiger partial charge in [-0.15, -0.1) is 0 Å². The minimum absolute atomic E-state index is 0.0232. The van der Waals surface area contributed by atoms with Crippen molar-refractivity contribution in [3.05, 3.63) is 59.2 Å². The van der Waals surface area contributed by atoms with E-state index in [-0.39, 0.29) is 40.4 Å². The number of carbonyl (C=O) groups excluding carboxylic acids is 1. The van der Waals surface area contributed by atoms with E-state index in [9.17, 15) is 28.2 Å². The van der Waals surface area contributed by atoms with Crippen molar-refractivity contribution in [1.82, 2.24) is 4.31 Å². The highest BCUT2D eigenvalue weighted by Gasteiger charge is 2.28. The minimum Gasteiger partial charge on any atom is -0.478 e.